The van der Waals surface area contributed by atoms with Gasteiger partial charge in [-0.25, -0.2) is 8.42 Å². The van der Waals surface area contributed by atoms with Gasteiger partial charge in [-0.15, -0.1) is 0 Å². The molecule has 1 N–H and O–H groups in total. The van der Waals surface area contributed by atoms with Crippen molar-refractivity contribution in [2.75, 3.05) is 13.2 Å². The Hall–Kier alpha value is -3.49. The normalized spacial score (nSPS) is 18.9. The van der Waals surface area contributed by atoms with Crippen LogP contribution in [0.25, 0.3) is 33.4 Å². The monoisotopic (exact) mass is 474 g/mol. The molecule has 7 nitrogen and oxygen atoms in total. The highest BCUT2D eigenvalue weighted by Gasteiger charge is 2.37. The molecule has 1 aliphatic rings. The lowest BCUT2D eigenvalue weighted by Gasteiger charge is -2.23. The Bertz CT molecular complexity index is 1430. The molecule has 5 rings (SSSR count). The fourth-order valence-electron chi connectivity index (χ4n) is 4.67. The molecular weight excluding hydrogens is 448 g/mol. The molecular formula is C26H26N4O3S. The maximum atomic E-state index is 12.5. The summed E-state index contributed by atoms with van der Waals surface area (Å²) in [6.07, 6.45) is 5.91. The first-order chi connectivity index (χ1) is 16.5. The first-order valence-corrected chi connectivity index (χ1v) is 12.7. The van der Waals surface area contributed by atoms with Crippen LogP contribution in [-0.2, 0) is 10.0 Å². The predicted octanol–water partition coefficient (Wildman–Crippen LogP) is 4.85. The molecule has 1 aromatic carbocycles. The quantitative estimate of drug-likeness (QED) is 0.413. The third-order valence-corrected chi connectivity index (χ3v) is 7.73. The maximum absolute atomic E-state index is 12.5. The van der Waals surface area contributed by atoms with Crippen LogP contribution in [0.3, 0.4) is 0 Å². The molecule has 1 fully saturated rings. The van der Waals surface area contributed by atoms with Crippen LogP contribution in [0.5, 0.6) is 5.75 Å². The Morgan fingerprint density at radius 1 is 1.18 bits per heavy atom. The zero-order valence-electron chi connectivity index (χ0n) is 18.9. The summed E-state index contributed by atoms with van der Waals surface area (Å²) in [7, 11) is -3.52. The van der Waals surface area contributed by atoms with Crippen LogP contribution < -0.4 is 4.74 Å². The second-order valence-electron chi connectivity index (χ2n) is 8.60. The molecule has 8 heteroatoms. The minimum absolute atomic E-state index is 0.231. The number of pyridine rings is 2. The number of nitrogens with one attached hydrogen (secondary N) is 1. The molecule has 0 radical (unpaired) electrons. The molecule has 174 valence electrons. The summed E-state index contributed by atoms with van der Waals surface area (Å²) in [6, 6.07) is 15.6. The second kappa shape index (κ2) is 9.04. The Kier molecular flexibility index (Phi) is 5.93. The highest BCUT2D eigenvalue weighted by Crippen LogP contribution is 2.40. The van der Waals surface area contributed by atoms with E-state index in [9.17, 15) is 8.42 Å². The fraction of sp³-hybridized carbons (Fsp3) is 0.231. The highest BCUT2D eigenvalue weighted by atomic mass is 32.2. The summed E-state index contributed by atoms with van der Waals surface area (Å²) in [4.78, 5) is 12.4. The lowest BCUT2D eigenvalue weighted by Crippen LogP contribution is -2.37. The molecule has 0 saturated carbocycles. The van der Waals surface area contributed by atoms with Crippen molar-refractivity contribution >= 4 is 21.1 Å². The average molecular weight is 475 g/mol. The summed E-state index contributed by atoms with van der Waals surface area (Å²) in [6.45, 7) is 6.22. The number of aromatic nitrogens is 3. The molecule has 2 atom stereocenters. The zero-order chi connectivity index (χ0) is 23.7. The number of rotatable bonds is 7. The van der Waals surface area contributed by atoms with Gasteiger partial charge in [-0.1, -0.05) is 43.8 Å². The van der Waals surface area contributed by atoms with Crippen molar-refractivity contribution in [3.63, 3.8) is 0 Å². The van der Waals surface area contributed by atoms with E-state index in [0.29, 0.717) is 12.3 Å². The summed E-state index contributed by atoms with van der Waals surface area (Å²) in [5.74, 6) is 0.836. The SMILES string of the molecule is C=CS(=O)(=O)N1C[C@@H](C)C[C@H]1COc1cnccc1-c1[nH]c2cccnc2c1-c1ccccc1. The van der Waals surface area contributed by atoms with Crippen LogP contribution in [0.1, 0.15) is 13.3 Å². The number of fused-ring (bicyclic) bond motifs is 1. The van der Waals surface area contributed by atoms with Crippen molar-refractivity contribution in [3.05, 3.63) is 79.1 Å². The van der Waals surface area contributed by atoms with Crippen LogP contribution in [-0.4, -0.2) is 46.9 Å². The summed E-state index contributed by atoms with van der Waals surface area (Å²) in [5.41, 5.74) is 5.55. The Labute approximate surface area is 199 Å². The summed E-state index contributed by atoms with van der Waals surface area (Å²) < 4.78 is 32.7. The minimum Gasteiger partial charge on any atom is -0.490 e. The van der Waals surface area contributed by atoms with Crippen molar-refractivity contribution in [3.8, 4) is 28.1 Å². The van der Waals surface area contributed by atoms with Crippen LogP contribution in [0.2, 0.25) is 0 Å². The number of hydrogen-bond donors (Lipinski definition) is 1. The van der Waals surface area contributed by atoms with Crippen molar-refractivity contribution in [2.24, 2.45) is 5.92 Å². The average Bonchev–Trinajstić information content (AvgIpc) is 3.44. The third-order valence-electron chi connectivity index (χ3n) is 6.21. The van der Waals surface area contributed by atoms with Gasteiger partial charge in [0.2, 0.25) is 10.0 Å². The molecule has 1 aliphatic heterocycles. The van der Waals surface area contributed by atoms with Crippen molar-refractivity contribution in [1.82, 2.24) is 19.3 Å². The van der Waals surface area contributed by atoms with Gasteiger partial charge in [-0.3, -0.25) is 9.97 Å². The van der Waals surface area contributed by atoms with E-state index in [2.05, 4.69) is 33.7 Å². The minimum atomic E-state index is -3.52. The standard InChI is InChI=1S/C26H26N4O3S/c1-3-34(31,32)30-16-18(2)14-20(30)17-33-23-15-27-13-11-21(23)25-24(19-8-5-4-6-9-19)26-22(29-25)10-7-12-28-26/h3-13,15,18,20,29H,1,14,16-17H2,2H3/t18-,20-/m0/s1. The van der Waals surface area contributed by atoms with E-state index in [1.807, 2.05) is 43.3 Å². The molecule has 0 bridgehead atoms. The predicted molar refractivity (Wildman–Crippen MR) is 134 cm³/mol. The van der Waals surface area contributed by atoms with Crippen LogP contribution >= 0.6 is 0 Å². The van der Waals surface area contributed by atoms with E-state index in [0.717, 1.165) is 45.2 Å². The van der Waals surface area contributed by atoms with Gasteiger partial charge in [0.15, 0.2) is 0 Å². The van der Waals surface area contributed by atoms with Crippen LogP contribution in [0.15, 0.2) is 79.1 Å². The van der Waals surface area contributed by atoms with E-state index < -0.39 is 10.0 Å². The van der Waals surface area contributed by atoms with Gasteiger partial charge in [-0.05, 0) is 36.1 Å². The highest BCUT2D eigenvalue weighted by molar-refractivity contribution is 7.92. The molecule has 0 unspecified atom stereocenters. The van der Waals surface area contributed by atoms with Gasteiger partial charge < -0.3 is 9.72 Å². The first kappa shape index (κ1) is 22.3. The molecule has 0 spiro atoms. The van der Waals surface area contributed by atoms with Crippen LogP contribution in [0.4, 0.5) is 0 Å². The lowest BCUT2D eigenvalue weighted by atomic mass is 10.0. The molecule has 4 aromatic rings. The van der Waals surface area contributed by atoms with E-state index in [1.54, 1.807) is 18.6 Å². The number of sulfonamides is 1. The van der Waals surface area contributed by atoms with Gasteiger partial charge in [-0.2, -0.15) is 4.31 Å². The fourth-order valence-corrected chi connectivity index (χ4v) is 5.88. The Morgan fingerprint density at radius 3 is 2.79 bits per heavy atom. The summed E-state index contributed by atoms with van der Waals surface area (Å²) in [5, 5.41) is 1.01. The van der Waals surface area contributed by atoms with E-state index in [-0.39, 0.29) is 18.6 Å². The van der Waals surface area contributed by atoms with E-state index in [1.165, 1.54) is 4.31 Å². The number of H-pyrrole nitrogens is 1. The molecule has 1 saturated heterocycles. The van der Waals surface area contributed by atoms with Gasteiger partial charge in [0.1, 0.15) is 12.4 Å². The number of ether oxygens (including phenoxy) is 1. The number of nitrogens with zero attached hydrogens (tertiary/aromatic N) is 3. The lowest BCUT2D eigenvalue weighted by molar-refractivity contribution is 0.233. The largest absolute Gasteiger partial charge is 0.490 e. The second-order valence-corrected chi connectivity index (χ2v) is 10.4. The number of aromatic amines is 1. The molecule has 4 heterocycles. The third kappa shape index (κ3) is 4.10. The molecule has 0 aliphatic carbocycles. The maximum Gasteiger partial charge on any atom is 0.236 e. The van der Waals surface area contributed by atoms with Crippen molar-refractivity contribution in [2.45, 2.75) is 19.4 Å². The van der Waals surface area contributed by atoms with Gasteiger partial charge in [0.05, 0.1) is 29.0 Å². The van der Waals surface area contributed by atoms with Crippen molar-refractivity contribution in [1.29, 1.82) is 0 Å². The first-order valence-electron chi connectivity index (χ1n) is 11.2. The Balaban J connectivity index is 1.53. The smallest absolute Gasteiger partial charge is 0.236 e. The van der Waals surface area contributed by atoms with E-state index >= 15 is 0 Å². The number of hydrogen-bond acceptors (Lipinski definition) is 5. The molecule has 3 aromatic heterocycles. The topological polar surface area (TPSA) is 88.2 Å². The molecule has 0 amide bonds. The van der Waals surface area contributed by atoms with E-state index in [4.69, 9.17) is 4.74 Å². The van der Waals surface area contributed by atoms with Gasteiger partial charge in [0.25, 0.3) is 0 Å². The Morgan fingerprint density at radius 2 is 2.00 bits per heavy atom. The van der Waals surface area contributed by atoms with Crippen molar-refractivity contribution < 1.29 is 13.2 Å². The number of benzene rings is 1. The summed E-state index contributed by atoms with van der Waals surface area (Å²) >= 11 is 0. The van der Waals surface area contributed by atoms with Crippen LogP contribution in [0, 0.1) is 5.92 Å². The zero-order valence-corrected chi connectivity index (χ0v) is 19.7. The van der Waals surface area contributed by atoms with Gasteiger partial charge >= 0.3 is 0 Å². The molecule has 34 heavy (non-hydrogen) atoms. The van der Waals surface area contributed by atoms with Gasteiger partial charge in [0, 0.05) is 35.5 Å².